The van der Waals surface area contributed by atoms with Gasteiger partial charge in [-0.3, -0.25) is 4.90 Å². The highest BCUT2D eigenvalue weighted by Crippen LogP contribution is 2.26. The van der Waals surface area contributed by atoms with E-state index in [0.717, 1.165) is 11.3 Å². The Morgan fingerprint density at radius 1 is 1.40 bits per heavy atom. The number of anilines is 2. The molecule has 0 aliphatic carbocycles. The number of aryl methyl sites for hydroxylation is 2. The Bertz CT molecular complexity index is 619. The first-order chi connectivity index (χ1) is 9.52. The fraction of sp³-hybridized carbons (Fsp3) is 0.333. The van der Waals surface area contributed by atoms with Gasteiger partial charge in [-0.25, -0.2) is 4.79 Å². The van der Waals surface area contributed by atoms with E-state index in [4.69, 9.17) is 9.15 Å². The molecule has 0 atom stereocenters. The van der Waals surface area contributed by atoms with Gasteiger partial charge in [-0.15, -0.1) is 0 Å². The number of aromatic nitrogens is 1. The van der Waals surface area contributed by atoms with E-state index in [-0.39, 0.29) is 5.69 Å². The monoisotopic (exact) mass is 274 g/mol. The zero-order valence-corrected chi connectivity index (χ0v) is 12.1. The van der Waals surface area contributed by atoms with Gasteiger partial charge in [0.05, 0.1) is 6.61 Å². The molecule has 1 aromatic heterocycles. The quantitative estimate of drug-likeness (QED) is 0.801. The van der Waals surface area contributed by atoms with Gasteiger partial charge >= 0.3 is 12.0 Å². The van der Waals surface area contributed by atoms with Crippen molar-refractivity contribution in [2.24, 2.45) is 0 Å². The molecule has 2 aromatic rings. The van der Waals surface area contributed by atoms with Crippen molar-refractivity contribution in [2.75, 3.05) is 18.6 Å². The molecule has 20 heavy (non-hydrogen) atoms. The Kier molecular flexibility index (Phi) is 4.08. The molecule has 5 heteroatoms. The summed E-state index contributed by atoms with van der Waals surface area (Å²) < 4.78 is 10.2. The molecule has 1 heterocycles. The number of ether oxygens (including phenoxy) is 1. The van der Waals surface area contributed by atoms with Gasteiger partial charge in [0.1, 0.15) is 6.26 Å². The van der Waals surface area contributed by atoms with Crippen LogP contribution in [0.4, 0.5) is 11.7 Å². The predicted octanol–water partition coefficient (Wildman–Crippen LogP) is 3.24. The minimum atomic E-state index is -0.475. The van der Waals surface area contributed by atoms with E-state index in [0.29, 0.717) is 12.6 Å². The second-order valence-corrected chi connectivity index (χ2v) is 4.58. The Hall–Kier alpha value is -2.30. The summed E-state index contributed by atoms with van der Waals surface area (Å²) in [5, 5.41) is 0. The summed E-state index contributed by atoms with van der Waals surface area (Å²) in [5.74, 6) is -0.475. The Balaban J connectivity index is 2.25. The molecular weight excluding hydrogens is 256 g/mol. The fourth-order valence-electron chi connectivity index (χ4n) is 2.00. The van der Waals surface area contributed by atoms with Gasteiger partial charge in [0.25, 0.3) is 0 Å². The summed E-state index contributed by atoms with van der Waals surface area (Å²) in [7, 11) is 1.85. The van der Waals surface area contributed by atoms with Gasteiger partial charge in [0, 0.05) is 12.7 Å². The van der Waals surface area contributed by atoms with E-state index >= 15 is 0 Å². The highest BCUT2D eigenvalue weighted by atomic mass is 16.5. The standard InChI is InChI=1S/C15H18N2O3/c1-5-19-14(18)12-9-20-15(16-12)17(4)13-7-6-10(2)8-11(13)3/h6-9H,5H2,1-4H3. The minimum Gasteiger partial charge on any atom is -0.461 e. The molecule has 0 fully saturated rings. The largest absolute Gasteiger partial charge is 0.461 e. The van der Waals surface area contributed by atoms with Gasteiger partial charge in [-0.1, -0.05) is 17.7 Å². The number of hydrogen-bond acceptors (Lipinski definition) is 5. The van der Waals surface area contributed by atoms with E-state index in [1.807, 2.05) is 33.0 Å². The zero-order valence-electron chi connectivity index (χ0n) is 12.1. The van der Waals surface area contributed by atoms with E-state index in [1.54, 1.807) is 11.8 Å². The first kappa shape index (κ1) is 14.1. The van der Waals surface area contributed by atoms with Crippen molar-refractivity contribution >= 4 is 17.7 Å². The number of hydrogen-bond donors (Lipinski definition) is 0. The average molecular weight is 274 g/mol. The third kappa shape index (κ3) is 2.82. The molecule has 2 rings (SSSR count). The van der Waals surface area contributed by atoms with Crippen molar-refractivity contribution in [1.29, 1.82) is 0 Å². The Labute approximate surface area is 118 Å². The number of oxazole rings is 1. The Morgan fingerprint density at radius 2 is 2.15 bits per heavy atom. The van der Waals surface area contributed by atoms with Crippen LogP contribution >= 0.6 is 0 Å². The van der Waals surface area contributed by atoms with Gasteiger partial charge in [0.2, 0.25) is 0 Å². The van der Waals surface area contributed by atoms with E-state index in [9.17, 15) is 4.79 Å². The predicted molar refractivity (Wildman–Crippen MR) is 76.4 cm³/mol. The molecule has 0 radical (unpaired) electrons. The topological polar surface area (TPSA) is 55.6 Å². The van der Waals surface area contributed by atoms with Crippen LogP contribution in [-0.2, 0) is 4.74 Å². The van der Waals surface area contributed by atoms with Crippen molar-refractivity contribution in [3.8, 4) is 0 Å². The van der Waals surface area contributed by atoms with Crippen LogP contribution in [0.2, 0.25) is 0 Å². The summed E-state index contributed by atoms with van der Waals surface area (Å²) in [6, 6.07) is 6.47. The molecule has 0 spiro atoms. The number of carbonyl (C=O) groups excluding carboxylic acids is 1. The summed E-state index contributed by atoms with van der Waals surface area (Å²) >= 11 is 0. The summed E-state index contributed by atoms with van der Waals surface area (Å²) in [6.45, 7) is 6.13. The molecule has 1 aromatic carbocycles. The van der Waals surface area contributed by atoms with E-state index in [1.165, 1.54) is 11.8 Å². The van der Waals surface area contributed by atoms with E-state index < -0.39 is 5.97 Å². The average Bonchev–Trinajstić information content (AvgIpc) is 2.88. The van der Waals surface area contributed by atoms with Gasteiger partial charge in [-0.05, 0) is 32.4 Å². The molecule has 0 aliphatic heterocycles. The molecule has 0 amide bonds. The second-order valence-electron chi connectivity index (χ2n) is 4.58. The summed E-state index contributed by atoms with van der Waals surface area (Å²) in [5.41, 5.74) is 3.47. The summed E-state index contributed by atoms with van der Waals surface area (Å²) in [6.07, 6.45) is 1.31. The molecule has 0 unspecified atom stereocenters. The van der Waals surface area contributed by atoms with Gasteiger partial charge in [-0.2, -0.15) is 4.98 Å². The second kappa shape index (κ2) is 5.77. The lowest BCUT2D eigenvalue weighted by atomic mass is 10.1. The molecule has 0 saturated heterocycles. The van der Waals surface area contributed by atoms with Crippen LogP contribution < -0.4 is 4.90 Å². The fourth-order valence-corrected chi connectivity index (χ4v) is 2.00. The van der Waals surface area contributed by atoms with Crippen molar-refractivity contribution in [2.45, 2.75) is 20.8 Å². The lowest BCUT2D eigenvalue weighted by molar-refractivity contribution is 0.0519. The maximum atomic E-state index is 11.6. The third-order valence-electron chi connectivity index (χ3n) is 2.98. The highest BCUT2D eigenvalue weighted by Gasteiger charge is 2.17. The SMILES string of the molecule is CCOC(=O)c1coc(N(C)c2ccc(C)cc2C)n1. The van der Waals surface area contributed by atoms with Crippen molar-refractivity contribution in [3.63, 3.8) is 0 Å². The number of nitrogens with zero attached hydrogens (tertiary/aromatic N) is 2. The van der Waals surface area contributed by atoms with Crippen LogP contribution in [0.1, 0.15) is 28.5 Å². The number of benzene rings is 1. The lowest BCUT2D eigenvalue weighted by Crippen LogP contribution is -2.12. The van der Waals surface area contributed by atoms with Crippen LogP contribution in [-0.4, -0.2) is 24.6 Å². The van der Waals surface area contributed by atoms with Crippen molar-refractivity contribution < 1.29 is 13.9 Å². The number of carbonyl (C=O) groups is 1. The number of esters is 1. The molecular formula is C15H18N2O3. The normalized spacial score (nSPS) is 10.4. The third-order valence-corrected chi connectivity index (χ3v) is 2.98. The Morgan fingerprint density at radius 3 is 2.80 bits per heavy atom. The van der Waals surface area contributed by atoms with Crippen LogP contribution in [0.15, 0.2) is 28.9 Å². The first-order valence-electron chi connectivity index (χ1n) is 6.46. The first-order valence-corrected chi connectivity index (χ1v) is 6.46. The lowest BCUT2D eigenvalue weighted by Gasteiger charge is -2.17. The minimum absolute atomic E-state index is 0.179. The van der Waals surface area contributed by atoms with Crippen LogP contribution in [0, 0.1) is 13.8 Å². The highest BCUT2D eigenvalue weighted by molar-refractivity contribution is 5.87. The van der Waals surface area contributed by atoms with Crippen LogP contribution in [0.5, 0.6) is 0 Å². The van der Waals surface area contributed by atoms with E-state index in [2.05, 4.69) is 11.1 Å². The van der Waals surface area contributed by atoms with Crippen LogP contribution in [0.25, 0.3) is 0 Å². The molecule has 0 bridgehead atoms. The molecule has 5 nitrogen and oxygen atoms in total. The van der Waals surface area contributed by atoms with Crippen molar-refractivity contribution in [1.82, 2.24) is 4.98 Å². The number of rotatable bonds is 4. The molecule has 0 saturated carbocycles. The maximum absolute atomic E-state index is 11.6. The van der Waals surface area contributed by atoms with Crippen LogP contribution in [0.3, 0.4) is 0 Å². The molecule has 0 aliphatic rings. The smallest absolute Gasteiger partial charge is 0.360 e. The summed E-state index contributed by atoms with van der Waals surface area (Å²) in [4.78, 5) is 17.5. The maximum Gasteiger partial charge on any atom is 0.360 e. The zero-order chi connectivity index (χ0) is 14.7. The molecule has 106 valence electrons. The van der Waals surface area contributed by atoms with Crippen molar-refractivity contribution in [3.05, 3.63) is 41.3 Å². The van der Waals surface area contributed by atoms with Gasteiger partial charge in [0.15, 0.2) is 5.69 Å². The van der Waals surface area contributed by atoms with Gasteiger partial charge < -0.3 is 9.15 Å². The molecule has 0 N–H and O–H groups in total.